The molecule has 1 aliphatic heterocycles. The van der Waals surface area contributed by atoms with E-state index in [1.165, 1.54) is 0 Å². The molecule has 0 radical (unpaired) electrons. The van der Waals surface area contributed by atoms with Crippen molar-refractivity contribution in [3.63, 3.8) is 0 Å². The Labute approximate surface area is 121 Å². The maximum absolute atomic E-state index is 11.6. The number of nitrogens with one attached hydrogen (secondary N) is 2. The van der Waals surface area contributed by atoms with Gasteiger partial charge in [0.1, 0.15) is 0 Å². The number of nitrogens with zero attached hydrogens (tertiary/aromatic N) is 3. The Hall–Kier alpha value is -2.54. The predicted molar refractivity (Wildman–Crippen MR) is 74.4 cm³/mol. The molecule has 1 aromatic heterocycles. The van der Waals surface area contributed by atoms with Gasteiger partial charge in [-0.15, -0.1) is 0 Å². The lowest BCUT2D eigenvalue weighted by atomic mass is 10.1. The van der Waals surface area contributed by atoms with Gasteiger partial charge in [-0.2, -0.15) is 15.0 Å². The number of rotatable bonds is 4. The Morgan fingerprint density at radius 2 is 2.10 bits per heavy atom. The summed E-state index contributed by atoms with van der Waals surface area (Å²) in [5, 5.41) is 13.9. The molecule has 3 rings (SSSR count). The molecule has 2 heterocycles. The van der Waals surface area contributed by atoms with E-state index in [2.05, 4.69) is 20.8 Å². The average molecular weight is 285 g/mol. The van der Waals surface area contributed by atoms with Crippen molar-refractivity contribution in [2.45, 2.75) is 25.4 Å². The lowest BCUT2D eigenvalue weighted by Gasteiger charge is -2.21. The van der Waals surface area contributed by atoms with E-state index in [1.54, 1.807) is 11.0 Å². The van der Waals surface area contributed by atoms with Gasteiger partial charge in [0, 0.05) is 13.0 Å². The predicted octanol–water partition coefficient (Wildman–Crippen LogP) is 0.162. The van der Waals surface area contributed by atoms with E-state index < -0.39 is 0 Å². The monoisotopic (exact) mass is 285 g/mol. The van der Waals surface area contributed by atoms with Gasteiger partial charge in [0.2, 0.25) is 11.8 Å². The van der Waals surface area contributed by atoms with Crippen LogP contribution in [-0.2, 0) is 16.1 Å². The number of amides is 2. The zero-order chi connectivity index (χ0) is 14.7. The molecule has 0 spiro atoms. The zero-order valence-corrected chi connectivity index (χ0v) is 11.3. The maximum atomic E-state index is 11.6. The van der Waals surface area contributed by atoms with E-state index in [9.17, 15) is 9.59 Å². The fourth-order valence-electron chi connectivity index (χ4n) is 2.18. The third-order valence-corrected chi connectivity index (χ3v) is 3.30. The van der Waals surface area contributed by atoms with Crippen molar-refractivity contribution in [1.29, 1.82) is 0 Å². The molecule has 1 atom stereocenters. The van der Waals surface area contributed by atoms with Crippen molar-refractivity contribution in [1.82, 2.24) is 25.6 Å². The van der Waals surface area contributed by atoms with Crippen LogP contribution in [0.5, 0.6) is 0 Å². The van der Waals surface area contributed by atoms with Crippen LogP contribution >= 0.6 is 0 Å². The summed E-state index contributed by atoms with van der Waals surface area (Å²) in [6.07, 6.45) is 2.53. The lowest BCUT2D eigenvalue weighted by molar-refractivity contribution is -0.134. The standard InChI is InChI=1S/C14H15N5O2/c20-13-7-6-12(14(21)17-13)15-8-10-9-16-19(18-10)11-4-2-1-3-5-11/h1-5,9,12,15H,6-8H2,(H,17,20,21). The number of benzene rings is 1. The Morgan fingerprint density at radius 1 is 1.29 bits per heavy atom. The number of hydrogen-bond donors (Lipinski definition) is 2. The summed E-state index contributed by atoms with van der Waals surface area (Å²) in [5.74, 6) is -0.491. The number of piperidine rings is 1. The van der Waals surface area contributed by atoms with Crippen LogP contribution in [0.25, 0.3) is 5.69 Å². The van der Waals surface area contributed by atoms with Crippen LogP contribution in [0.15, 0.2) is 36.5 Å². The number of carbonyl (C=O) groups excluding carboxylic acids is 2. The molecule has 2 N–H and O–H groups in total. The minimum absolute atomic E-state index is 0.215. The van der Waals surface area contributed by atoms with E-state index in [0.717, 1.165) is 11.4 Å². The first kappa shape index (κ1) is 13.4. The van der Waals surface area contributed by atoms with Gasteiger partial charge in [0.05, 0.1) is 23.6 Å². The van der Waals surface area contributed by atoms with Gasteiger partial charge in [-0.25, -0.2) is 0 Å². The van der Waals surface area contributed by atoms with Gasteiger partial charge < -0.3 is 5.32 Å². The Morgan fingerprint density at radius 3 is 2.86 bits per heavy atom. The van der Waals surface area contributed by atoms with Crippen LogP contribution in [0.2, 0.25) is 0 Å². The van der Waals surface area contributed by atoms with E-state index in [1.807, 2.05) is 30.3 Å². The Balaban J connectivity index is 1.60. The summed E-state index contributed by atoms with van der Waals surface area (Å²) < 4.78 is 0. The highest BCUT2D eigenvalue weighted by Crippen LogP contribution is 2.07. The lowest BCUT2D eigenvalue weighted by Crippen LogP contribution is -2.50. The average Bonchev–Trinajstić information content (AvgIpc) is 2.96. The molecule has 7 heteroatoms. The number of carbonyl (C=O) groups is 2. The van der Waals surface area contributed by atoms with Crippen molar-refractivity contribution in [3.05, 3.63) is 42.2 Å². The molecule has 1 saturated heterocycles. The highest BCUT2D eigenvalue weighted by atomic mass is 16.2. The first-order chi connectivity index (χ1) is 10.2. The van der Waals surface area contributed by atoms with E-state index in [4.69, 9.17) is 0 Å². The van der Waals surface area contributed by atoms with Gasteiger partial charge in [0.25, 0.3) is 0 Å². The molecular weight excluding hydrogens is 270 g/mol. The topological polar surface area (TPSA) is 88.9 Å². The fourth-order valence-corrected chi connectivity index (χ4v) is 2.18. The highest BCUT2D eigenvalue weighted by molar-refractivity contribution is 6.00. The molecule has 2 aromatic rings. The molecule has 0 saturated carbocycles. The Kier molecular flexibility index (Phi) is 3.74. The number of para-hydroxylation sites is 1. The van der Waals surface area contributed by atoms with Crippen molar-refractivity contribution < 1.29 is 9.59 Å². The molecule has 108 valence electrons. The molecule has 1 fully saturated rings. The van der Waals surface area contributed by atoms with E-state index in [-0.39, 0.29) is 17.9 Å². The molecule has 2 amide bonds. The summed E-state index contributed by atoms with van der Waals surface area (Å²) >= 11 is 0. The van der Waals surface area contributed by atoms with Crippen molar-refractivity contribution in [2.24, 2.45) is 0 Å². The number of hydrogen-bond acceptors (Lipinski definition) is 5. The quantitative estimate of drug-likeness (QED) is 0.781. The van der Waals surface area contributed by atoms with Crippen molar-refractivity contribution >= 4 is 11.8 Å². The van der Waals surface area contributed by atoms with E-state index >= 15 is 0 Å². The molecule has 0 bridgehead atoms. The van der Waals surface area contributed by atoms with Crippen molar-refractivity contribution in [2.75, 3.05) is 0 Å². The molecule has 21 heavy (non-hydrogen) atoms. The van der Waals surface area contributed by atoms with Crippen molar-refractivity contribution in [3.8, 4) is 5.69 Å². The molecule has 7 nitrogen and oxygen atoms in total. The third-order valence-electron chi connectivity index (χ3n) is 3.30. The minimum Gasteiger partial charge on any atom is -0.300 e. The van der Waals surface area contributed by atoms with Gasteiger partial charge in [-0.05, 0) is 18.6 Å². The zero-order valence-electron chi connectivity index (χ0n) is 11.3. The van der Waals surface area contributed by atoms with Crippen LogP contribution < -0.4 is 10.6 Å². The van der Waals surface area contributed by atoms with Crippen LogP contribution in [0.4, 0.5) is 0 Å². The first-order valence-corrected chi connectivity index (χ1v) is 6.76. The summed E-state index contributed by atoms with van der Waals surface area (Å²) in [6, 6.07) is 9.23. The summed E-state index contributed by atoms with van der Waals surface area (Å²) in [7, 11) is 0. The van der Waals surface area contributed by atoms with Gasteiger partial charge >= 0.3 is 0 Å². The first-order valence-electron chi connectivity index (χ1n) is 6.76. The summed E-state index contributed by atoms with van der Waals surface area (Å²) in [4.78, 5) is 24.2. The summed E-state index contributed by atoms with van der Waals surface area (Å²) in [6.45, 7) is 0.430. The second-order valence-electron chi connectivity index (χ2n) is 4.85. The summed E-state index contributed by atoms with van der Waals surface area (Å²) in [5.41, 5.74) is 1.62. The molecule has 1 aliphatic rings. The molecule has 1 unspecified atom stereocenters. The fraction of sp³-hybridized carbons (Fsp3) is 0.286. The Bertz CT molecular complexity index is 652. The van der Waals surface area contributed by atoms with Gasteiger partial charge in [-0.3, -0.25) is 14.9 Å². The normalized spacial score (nSPS) is 18.6. The van der Waals surface area contributed by atoms with Crippen LogP contribution in [0, 0.1) is 0 Å². The SMILES string of the molecule is O=C1CCC(NCc2cnn(-c3ccccc3)n2)C(=O)N1. The van der Waals surface area contributed by atoms with E-state index in [0.29, 0.717) is 19.4 Å². The molecule has 0 aliphatic carbocycles. The smallest absolute Gasteiger partial charge is 0.243 e. The second-order valence-corrected chi connectivity index (χ2v) is 4.85. The molecule has 1 aromatic carbocycles. The van der Waals surface area contributed by atoms with Gasteiger partial charge in [0.15, 0.2) is 0 Å². The minimum atomic E-state index is -0.357. The number of imide groups is 1. The highest BCUT2D eigenvalue weighted by Gasteiger charge is 2.25. The van der Waals surface area contributed by atoms with Crippen LogP contribution in [0.1, 0.15) is 18.5 Å². The molecular formula is C14H15N5O2. The third kappa shape index (κ3) is 3.14. The maximum Gasteiger partial charge on any atom is 0.243 e. The van der Waals surface area contributed by atoms with Gasteiger partial charge in [-0.1, -0.05) is 18.2 Å². The van der Waals surface area contributed by atoms with Crippen LogP contribution in [0.3, 0.4) is 0 Å². The number of aromatic nitrogens is 3. The van der Waals surface area contributed by atoms with Crippen LogP contribution in [-0.4, -0.2) is 32.9 Å². The second kappa shape index (κ2) is 5.84. The largest absolute Gasteiger partial charge is 0.300 e.